The quantitative estimate of drug-likeness (QED) is 0.632. The van der Waals surface area contributed by atoms with E-state index in [-0.39, 0.29) is 9.79 Å². The van der Waals surface area contributed by atoms with Gasteiger partial charge >= 0.3 is 0 Å². The van der Waals surface area contributed by atoms with Crippen LogP contribution in [0.1, 0.15) is 0 Å². The molecule has 142 valence electrons. The number of nitrogens with one attached hydrogen (secondary N) is 2. The van der Waals surface area contributed by atoms with E-state index in [9.17, 15) is 16.8 Å². The predicted octanol–water partition coefficient (Wildman–Crippen LogP) is 2.87. The zero-order valence-corrected chi connectivity index (χ0v) is 17.0. The van der Waals surface area contributed by atoms with Crippen molar-refractivity contribution in [1.29, 1.82) is 0 Å². The summed E-state index contributed by atoms with van der Waals surface area (Å²) in [5.41, 5.74) is 2.23. The van der Waals surface area contributed by atoms with Gasteiger partial charge in [-0.25, -0.2) is 26.5 Å². The molecule has 0 bridgehead atoms. The van der Waals surface area contributed by atoms with Crippen LogP contribution in [0.2, 0.25) is 0 Å². The molecule has 0 aliphatic carbocycles. The minimum absolute atomic E-state index is 0.182. The van der Waals surface area contributed by atoms with Gasteiger partial charge in [0, 0.05) is 22.9 Å². The monoisotopic (exact) mass is 423 g/mol. The van der Waals surface area contributed by atoms with Crippen molar-refractivity contribution in [3.05, 3.63) is 53.9 Å². The van der Waals surface area contributed by atoms with Gasteiger partial charge < -0.3 is 5.32 Å². The lowest BCUT2D eigenvalue weighted by Crippen LogP contribution is -2.18. The summed E-state index contributed by atoms with van der Waals surface area (Å²) >= 11 is 1.39. The summed E-state index contributed by atoms with van der Waals surface area (Å²) in [7, 11) is -5.34. The first-order valence-electron chi connectivity index (χ1n) is 7.76. The molecule has 2 aromatic carbocycles. The fourth-order valence-electron chi connectivity index (χ4n) is 2.30. The number of rotatable bonds is 6. The van der Waals surface area contributed by atoms with Crippen LogP contribution in [0.4, 0.5) is 10.8 Å². The molecule has 0 aliphatic heterocycles. The summed E-state index contributed by atoms with van der Waals surface area (Å²) in [6, 6.07) is 12.9. The number of anilines is 2. The average Bonchev–Trinajstić information content (AvgIpc) is 3.10. The summed E-state index contributed by atoms with van der Waals surface area (Å²) in [6.07, 6.45) is 1.17. The molecular formula is C17H17N3O4S3. The Bertz CT molecular complexity index is 1150. The first-order chi connectivity index (χ1) is 12.7. The SMILES string of the molecule is CNS(=O)(=O)c1ccc(Nc2nc(-c3ccc(S(C)(=O)=O)cc3)cs2)cc1. The van der Waals surface area contributed by atoms with Crippen molar-refractivity contribution in [2.24, 2.45) is 0 Å². The van der Waals surface area contributed by atoms with Crippen LogP contribution in [0, 0.1) is 0 Å². The van der Waals surface area contributed by atoms with Gasteiger partial charge in [-0.3, -0.25) is 0 Å². The fourth-order valence-corrected chi connectivity index (χ4v) is 4.40. The predicted molar refractivity (Wildman–Crippen MR) is 107 cm³/mol. The Morgan fingerprint density at radius 2 is 1.48 bits per heavy atom. The Hall–Kier alpha value is -2.27. The summed E-state index contributed by atoms with van der Waals surface area (Å²) < 4.78 is 48.8. The van der Waals surface area contributed by atoms with Gasteiger partial charge in [0.15, 0.2) is 15.0 Å². The highest BCUT2D eigenvalue weighted by Crippen LogP contribution is 2.28. The van der Waals surface area contributed by atoms with Gasteiger partial charge in [-0.1, -0.05) is 12.1 Å². The molecule has 3 aromatic rings. The maximum absolute atomic E-state index is 11.7. The molecule has 0 unspecified atom stereocenters. The Kier molecular flexibility index (Phi) is 5.33. The number of sulfone groups is 1. The minimum Gasteiger partial charge on any atom is -0.332 e. The Labute approximate surface area is 162 Å². The lowest BCUT2D eigenvalue weighted by Gasteiger charge is -2.05. The van der Waals surface area contributed by atoms with Crippen LogP contribution < -0.4 is 10.0 Å². The molecule has 1 aromatic heterocycles. The third-order valence-corrected chi connectivity index (χ3v) is 7.08. The lowest BCUT2D eigenvalue weighted by molar-refractivity contribution is 0.588. The van der Waals surface area contributed by atoms with E-state index in [0.717, 1.165) is 11.3 Å². The number of sulfonamides is 1. The van der Waals surface area contributed by atoms with Crippen LogP contribution >= 0.6 is 11.3 Å². The van der Waals surface area contributed by atoms with Crippen LogP contribution in [0.3, 0.4) is 0 Å². The van der Waals surface area contributed by atoms with Crippen LogP contribution in [-0.2, 0) is 19.9 Å². The van der Waals surface area contributed by atoms with Crippen molar-refractivity contribution in [3.8, 4) is 11.3 Å². The van der Waals surface area contributed by atoms with Gasteiger partial charge in [-0.15, -0.1) is 11.3 Å². The molecule has 1 heterocycles. The Morgan fingerprint density at radius 3 is 2.04 bits per heavy atom. The van der Waals surface area contributed by atoms with Gasteiger partial charge in [0.1, 0.15) is 0 Å². The highest BCUT2D eigenvalue weighted by molar-refractivity contribution is 7.90. The van der Waals surface area contributed by atoms with E-state index in [4.69, 9.17) is 0 Å². The molecule has 2 N–H and O–H groups in total. The van der Waals surface area contributed by atoms with Crippen molar-refractivity contribution in [2.75, 3.05) is 18.6 Å². The van der Waals surface area contributed by atoms with Gasteiger partial charge in [-0.2, -0.15) is 0 Å². The highest BCUT2D eigenvalue weighted by atomic mass is 32.2. The molecule has 3 rings (SSSR count). The van der Waals surface area contributed by atoms with E-state index in [1.165, 1.54) is 36.8 Å². The van der Waals surface area contributed by atoms with Crippen LogP contribution in [0.5, 0.6) is 0 Å². The second kappa shape index (κ2) is 7.39. The standard InChI is InChI=1S/C17H17N3O4S3/c1-18-27(23,24)15-9-5-13(6-10-15)19-17-20-16(11-25-17)12-3-7-14(8-4-12)26(2,21)22/h3-11,18H,1-2H3,(H,19,20). The van der Waals surface area contributed by atoms with E-state index in [0.29, 0.717) is 10.8 Å². The number of aromatic nitrogens is 1. The molecule has 0 fully saturated rings. The third-order valence-electron chi connectivity index (χ3n) is 3.77. The lowest BCUT2D eigenvalue weighted by atomic mass is 10.2. The van der Waals surface area contributed by atoms with Crippen molar-refractivity contribution >= 4 is 42.0 Å². The normalized spacial score (nSPS) is 12.1. The second-order valence-corrected chi connectivity index (χ2v) is 10.5. The molecule has 10 heteroatoms. The van der Waals surface area contributed by atoms with Crippen molar-refractivity contribution in [1.82, 2.24) is 9.71 Å². The van der Waals surface area contributed by atoms with Gasteiger partial charge in [0.2, 0.25) is 10.0 Å². The summed E-state index contributed by atoms with van der Waals surface area (Å²) in [5.74, 6) is 0. The molecule has 0 saturated heterocycles. The van der Waals surface area contributed by atoms with E-state index in [2.05, 4.69) is 15.0 Å². The average molecular weight is 424 g/mol. The number of hydrogen-bond acceptors (Lipinski definition) is 7. The fraction of sp³-hybridized carbons (Fsp3) is 0.118. The minimum atomic E-state index is -3.47. The number of nitrogens with zero attached hydrogens (tertiary/aromatic N) is 1. The maximum Gasteiger partial charge on any atom is 0.240 e. The third kappa shape index (κ3) is 4.53. The molecule has 7 nitrogen and oxygen atoms in total. The number of thiazole rings is 1. The van der Waals surface area contributed by atoms with Crippen molar-refractivity contribution in [3.63, 3.8) is 0 Å². The zero-order chi connectivity index (χ0) is 19.7. The summed E-state index contributed by atoms with van der Waals surface area (Å²) in [5, 5.41) is 5.62. The number of benzene rings is 2. The van der Waals surface area contributed by atoms with E-state index < -0.39 is 19.9 Å². The summed E-state index contributed by atoms with van der Waals surface area (Å²) in [4.78, 5) is 4.92. The Morgan fingerprint density at radius 1 is 0.889 bits per heavy atom. The number of hydrogen-bond donors (Lipinski definition) is 2. The summed E-state index contributed by atoms with van der Waals surface area (Å²) in [6.45, 7) is 0. The molecule has 0 atom stereocenters. The van der Waals surface area contributed by atoms with E-state index >= 15 is 0 Å². The van der Waals surface area contributed by atoms with Crippen molar-refractivity contribution in [2.45, 2.75) is 9.79 Å². The molecular weight excluding hydrogens is 406 g/mol. The van der Waals surface area contributed by atoms with Gasteiger partial charge in [0.25, 0.3) is 0 Å². The van der Waals surface area contributed by atoms with Crippen LogP contribution in [0.15, 0.2) is 63.7 Å². The Balaban J connectivity index is 1.76. The van der Waals surface area contributed by atoms with Crippen LogP contribution in [0.25, 0.3) is 11.3 Å². The van der Waals surface area contributed by atoms with Gasteiger partial charge in [0.05, 0.1) is 15.5 Å². The van der Waals surface area contributed by atoms with Gasteiger partial charge in [-0.05, 0) is 43.4 Å². The molecule has 0 amide bonds. The molecule has 0 saturated carbocycles. The first-order valence-corrected chi connectivity index (χ1v) is 12.0. The molecule has 0 radical (unpaired) electrons. The topological polar surface area (TPSA) is 105 Å². The largest absolute Gasteiger partial charge is 0.332 e. The van der Waals surface area contributed by atoms with E-state index in [1.807, 2.05) is 5.38 Å². The zero-order valence-electron chi connectivity index (χ0n) is 14.5. The smallest absolute Gasteiger partial charge is 0.240 e. The highest BCUT2D eigenvalue weighted by Gasteiger charge is 2.12. The first kappa shape index (κ1) is 19.5. The van der Waals surface area contributed by atoms with Crippen molar-refractivity contribution < 1.29 is 16.8 Å². The molecule has 0 spiro atoms. The molecule has 27 heavy (non-hydrogen) atoms. The second-order valence-electron chi connectivity index (χ2n) is 5.69. The van der Waals surface area contributed by atoms with Crippen LogP contribution in [-0.4, -0.2) is 35.1 Å². The maximum atomic E-state index is 11.7. The molecule has 0 aliphatic rings. The van der Waals surface area contributed by atoms with E-state index in [1.54, 1.807) is 36.4 Å².